The Bertz CT molecular complexity index is 219. The number of nitrogens with zero attached hydrogens (tertiary/aromatic N) is 1. The molecule has 1 aliphatic carbocycles. The van der Waals surface area contributed by atoms with Gasteiger partial charge in [-0.2, -0.15) is 0 Å². The third kappa shape index (κ3) is 3.31. The summed E-state index contributed by atoms with van der Waals surface area (Å²) in [4.78, 5) is 0. The van der Waals surface area contributed by atoms with Crippen LogP contribution in [0.4, 0.5) is 0 Å². The first kappa shape index (κ1) is 13.5. The predicted molar refractivity (Wildman–Crippen MR) is 72.1 cm³/mol. The second-order valence-corrected chi connectivity index (χ2v) is 7.15. The second kappa shape index (κ2) is 6.88. The first-order valence-corrected chi connectivity index (χ1v) is 8.81. The highest BCUT2D eigenvalue weighted by molar-refractivity contribution is 6.41. The average molecular weight is 257 g/mol. The van der Waals surface area contributed by atoms with E-state index in [2.05, 4.69) is 18.4 Å². The Morgan fingerprint density at radius 3 is 2.35 bits per heavy atom. The molecule has 0 bridgehead atoms. The Balaban J connectivity index is 1.99. The van der Waals surface area contributed by atoms with E-state index in [0.717, 1.165) is 25.2 Å². The maximum Gasteiger partial charge on any atom is 0.411 e. The van der Waals surface area contributed by atoms with E-state index in [0.29, 0.717) is 0 Å². The SMILES string of the molecule is CCO[SiH](OCC)N1CCCC2CCCCC21. The fraction of sp³-hybridized carbons (Fsp3) is 1.00. The molecule has 3 nitrogen and oxygen atoms in total. The molecule has 2 aliphatic rings. The van der Waals surface area contributed by atoms with E-state index in [1.54, 1.807) is 0 Å². The van der Waals surface area contributed by atoms with Crippen molar-refractivity contribution in [3.05, 3.63) is 0 Å². The molecular formula is C13H27NO2Si. The highest BCUT2D eigenvalue weighted by Gasteiger charge is 2.38. The molecule has 100 valence electrons. The Hall–Kier alpha value is 0.0969. The van der Waals surface area contributed by atoms with Crippen molar-refractivity contribution in [2.24, 2.45) is 5.92 Å². The molecule has 4 heteroatoms. The lowest BCUT2D eigenvalue weighted by Gasteiger charge is -2.46. The lowest BCUT2D eigenvalue weighted by atomic mass is 9.79. The largest absolute Gasteiger partial charge is 0.411 e. The Morgan fingerprint density at radius 2 is 1.65 bits per heavy atom. The summed E-state index contributed by atoms with van der Waals surface area (Å²) in [5, 5.41) is 0. The molecule has 0 radical (unpaired) electrons. The van der Waals surface area contributed by atoms with Gasteiger partial charge < -0.3 is 8.85 Å². The fourth-order valence-corrected chi connectivity index (χ4v) is 5.60. The highest BCUT2D eigenvalue weighted by Crippen LogP contribution is 2.35. The van der Waals surface area contributed by atoms with Gasteiger partial charge in [-0.1, -0.05) is 12.8 Å². The molecule has 0 spiro atoms. The molecule has 1 saturated heterocycles. The van der Waals surface area contributed by atoms with Crippen LogP contribution in [0, 0.1) is 5.92 Å². The molecular weight excluding hydrogens is 230 g/mol. The molecule has 2 fully saturated rings. The molecule has 2 unspecified atom stereocenters. The number of piperidine rings is 1. The molecule has 1 heterocycles. The van der Waals surface area contributed by atoms with Crippen molar-refractivity contribution >= 4 is 9.45 Å². The minimum absolute atomic E-state index is 0.771. The fourth-order valence-electron chi connectivity index (χ4n) is 3.45. The van der Waals surface area contributed by atoms with Crippen molar-refractivity contribution in [3.8, 4) is 0 Å². The van der Waals surface area contributed by atoms with Gasteiger partial charge in [-0.05, 0) is 52.0 Å². The molecule has 1 saturated carbocycles. The average Bonchev–Trinajstić information content (AvgIpc) is 2.38. The van der Waals surface area contributed by atoms with Gasteiger partial charge in [0, 0.05) is 19.3 Å². The molecule has 2 atom stereocenters. The van der Waals surface area contributed by atoms with Crippen LogP contribution in [0.2, 0.25) is 0 Å². The first-order valence-electron chi connectivity index (χ1n) is 7.35. The Morgan fingerprint density at radius 1 is 1.00 bits per heavy atom. The van der Waals surface area contributed by atoms with Crippen LogP contribution in [-0.4, -0.2) is 39.8 Å². The van der Waals surface area contributed by atoms with Crippen molar-refractivity contribution in [2.45, 2.75) is 58.4 Å². The van der Waals surface area contributed by atoms with Crippen molar-refractivity contribution in [3.63, 3.8) is 0 Å². The number of hydrogen-bond acceptors (Lipinski definition) is 3. The summed E-state index contributed by atoms with van der Waals surface area (Å²) in [5.41, 5.74) is 0. The molecule has 2 rings (SSSR count). The van der Waals surface area contributed by atoms with Gasteiger partial charge in [0.25, 0.3) is 0 Å². The predicted octanol–water partition coefficient (Wildman–Crippen LogP) is 2.43. The van der Waals surface area contributed by atoms with E-state index >= 15 is 0 Å². The van der Waals surface area contributed by atoms with Gasteiger partial charge in [-0.25, -0.2) is 0 Å². The van der Waals surface area contributed by atoms with E-state index in [1.165, 1.54) is 45.1 Å². The van der Waals surface area contributed by atoms with Gasteiger partial charge in [0.2, 0.25) is 0 Å². The van der Waals surface area contributed by atoms with E-state index in [1.807, 2.05) is 0 Å². The van der Waals surface area contributed by atoms with Crippen LogP contribution in [0.5, 0.6) is 0 Å². The summed E-state index contributed by atoms with van der Waals surface area (Å²) in [7, 11) is -1.58. The zero-order chi connectivity index (χ0) is 12.1. The topological polar surface area (TPSA) is 21.7 Å². The van der Waals surface area contributed by atoms with Gasteiger partial charge in [-0.3, -0.25) is 4.57 Å². The number of rotatable bonds is 5. The van der Waals surface area contributed by atoms with Crippen LogP contribution in [0.3, 0.4) is 0 Å². The van der Waals surface area contributed by atoms with Gasteiger partial charge in [0.1, 0.15) is 0 Å². The van der Waals surface area contributed by atoms with E-state index in [9.17, 15) is 0 Å². The minimum atomic E-state index is -1.58. The quantitative estimate of drug-likeness (QED) is 0.706. The number of fused-ring (bicyclic) bond motifs is 1. The zero-order valence-corrected chi connectivity index (χ0v) is 12.5. The molecule has 0 aromatic heterocycles. The maximum absolute atomic E-state index is 5.91. The van der Waals surface area contributed by atoms with Gasteiger partial charge in [0.05, 0.1) is 0 Å². The van der Waals surface area contributed by atoms with Crippen molar-refractivity contribution in [1.82, 2.24) is 4.57 Å². The lowest BCUT2D eigenvalue weighted by molar-refractivity contribution is 0.0647. The van der Waals surface area contributed by atoms with Crippen LogP contribution in [0.15, 0.2) is 0 Å². The van der Waals surface area contributed by atoms with E-state index in [-0.39, 0.29) is 0 Å². The second-order valence-electron chi connectivity index (χ2n) is 5.21. The summed E-state index contributed by atoms with van der Waals surface area (Å²) in [6.07, 6.45) is 8.40. The minimum Gasteiger partial charge on any atom is -0.385 e. The third-order valence-corrected chi connectivity index (χ3v) is 6.60. The highest BCUT2D eigenvalue weighted by atomic mass is 28.3. The normalized spacial score (nSPS) is 30.5. The molecule has 17 heavy (non-hydrogen) atoms. The van der Waals surface area contributed by atoms with Crippen LogP contribution < -0.4 is 0 Å². The summed E-state index contributed by atoms with van der Waals surface area (Å²) < 4.78 is 14.5. The summed E-state index contributed by atoms with van der Waals surface area (Å²) in [6.45, 7) is 6.97. The van der Waals surface area contributed by atoms with Crippen LogP contribution in [0.1, 0.15) is 52.4 Å². The maximum atomic E-state index is 5.91. The van der Waals surface area contributed by atoms with Gasteiger partial charge in [-0.15, -0.1) is 0 Å². The Kier molecular flexibility index (Phi) is 5.47. The lowest BCUT2D eigenvalue weighted by Crippen LogP contribution is -2.56. The summed E-state index contributed by atoms with van der Waals surface area (Å²) in [5.74, 6) is 0.924. The van der Waals surface area contributed by atoms with Crippen molar-refractivity contribution in [1.29, 1.82) is 0 Å². The zero-order valence-electron chi connectivity index (χ0n) is 11.4. The molecule has 0 amide bonds. The first-order chi connectivity index (χ1) is 8.36. The van der Waals surface area contributed by atoms with Crippen LogP contribution >= 0.6 is 0 Å². The Labute approximate surface area is 107 Å². The molecule has 0 aromatic rings. The van der Waals surface area contributed by atoms with E-state index < -0.39 is 9.45 Å². The van der Waals surface area contributed by atoms with Gasteiger partial charge >= 0.3 is 9.45 Å². The molecule has 0 N–H and O–H groups in total. The van der Waals surface area contributed by atoms with E-state index in [4.69, 9.17) is 8.85 Å². The monoisotopic (exact) mass is 257 g/mol. The summed E-state index contributed by atoms with van der Waals surface area (Å²) in [6, 6.07) is 0.771. The number of hydrogen-bond donors (Lipinski definition) is 0. The van der Waals surface area contributed by atoms with Gasteiger partial charge in [0.15, 0.2) is 0 Å². The van der Waals surface area contributed by atoms with Crippen LogP contribution in [-0.2, 0) is 8.85 Å². The molecule has 1 aliphatic heterocycles. The smallest absolute Gasteiger partial charge is 0.385 e. The van der Waals surface area contributed by atoms with Crippen LogP contribution in [0.25, 0.3) is 0 Å². The standard InChI is InChI=1S/C13H27NO2Si/c1-3-15-17(16-4-2)14-11-7-9-12-8-5-6-10-13(12)14/h12-13,17H,3-11H2,1-2H3. The summed E-state index contributed by atoms with van der Waals surface area (Å²) >= 11 is 0. The molecule has 0 aromatic carbocycles. The third-order valence-electron chi connectivity index (χ3n) is 4.18. The van der Waals surface area contributed by atoms with Crippen molar-refractivity contribution in [2.75, 3.05) is 19.8 Å². The van der Waals surface area contributed by atoms with Crippen molar-refractivity contribution < 1.29 is 8.85 Å².